The molecule has 138 valence electrons. The van der Waals surface area contributed by atoms with Gasteiger partial charge in [0.25, 0.3) is 0 Å². The number of carboxylic acids is 1. The third-order valence-corrected chi connectivity index (χ3v) is 3.52. The van der Waals surface area contributed by atoms with Gasteiger partial charge in [0.05, 0.1) is 6.42 Å². The van der Waals surface area contributed by atoms with Crippen molar-refractivity contribution >= 4 is 23.5 Å². The van der Waals surface area contributed by atoms with Crippen molar-refractivity contribution in [3.8, 4) is 0 Å². The maximum absolute atomic E-state index is 13.9. The second kappa shape index (κ2) is 9.15. The summed E-state index contributed by atoms with van der Waals surface area (Å²) in [5.41, 5.74) is 0.247. The number of carbonyl (C=O) groups is 3. The van der Waals surface area contributed by atoms with Gasteiger partial charge in [-0.3, -0.25) is 14.4 Å². The van der Waals surface area contributed by atoms with Crippen molar-refractivity contribution in [1.29, 1.82) is 0 Å². The monoisotopic (exact) mass is 352 g/mol. The first-order valence-corrected chi connectivity index (χ1v) is 8.20. The first kappa shape index (κ1) is 20.6. The average Bonchev–Trinajstić information content (AvgIpc) is 2.46. The van der Waals surface area contributed by atoms with Crippen LogP contribution in [0.1, 0.15) is 39.7 Å². The number of amides is 2. The Hall–Kier alpha value is -2.44. The lowest BCUT2D eigenvalue weighted by Crippen LogP contribution is -2.47. The Bertz CT molecular complexity index is 644. The maximum atomic E-state index is 13.9. The third-order valence-electron chi connectivity index (χ3n) is 3.52. The highest BCUT2D eigenvalue weighted by Gasteiger charge is 2.24. The van der Waals surface area contributed by atoms with Gasteiger partial charge in [0.2, 0.25) is 11.8 Å². The van der Waals surface area contributed by atoms with E-state index in [1.807, 2.05) is 13.8 Å². The SMILES string of the molecule is CC(C)CC(=O)NC(C(=O)Nc1ccc(CC(=O)O)c(F)c1)C(C)C. The van der Waals surface area contributed by atoms with Crippen LogP contribution in [0.25, 0.3) is 0 Å². The molecule has 25 heavy (non-hydrogen) atoms. The lowest BCUT2D eigenvalue weighted by atomic mass is 10.0. The standard InChI is InChI=1S/C18H25FN2O4/c1-10(2)7-15(22)21-17(11(3)4)18(25)20-13-6-5-12(8-16(23)24)14(19)9-13/h5-6,9-11,17H,7-8H2,1-4H3,(H,20,25)(H,21,22)(H,23,24). The number of nitrogens with one attached hydrogen (secondary N) is 2. The summed E-state index contributed by atoms with van der Waals surface area (Å²) in [5, 5.41) is 14.0. The molecule has 0 aromatic heterocycles. The van der Waals surface area contributed by atoms with E-state index in [0.29, 0.717) is 6.42 Å². The Morgan fingerprint density at radius 1 is 1.16 bits per heavy atom. The van der Waals surface area contributed by atoms with E-state index in [4.69, 9.17) is 5.11 Å². The van der Waals surface area contributed by atoms with Crippen molar-refractivity contribution in [3.63, 3.8) is 0 Å². The van der Waals surface area contributed by atoms with Gasteiger partial charge in [-0.25, -0.2) is 4.39 Å². The Morgan fingerprint density at radius 3 is 2.28 bits per heavy atom. The largest absolute Gasteiger partial charge is 0.481 e. The van der Waals surface area contributed by atoms with Crippen LogP contribution in [0, 0.1) is 17.7 Å². The molecule has 0 saturated carbocycles. The second-order valence-electron chi connectivity index (χ2n) is 6.75. The summed E-state index contributed by atoms with van der Waals surface area (Å²) in [6.07, 6.45) is -0.116. The molecular formula is C18H25FN2O4. The summed E-state index contributed by atoms with van der Waals surface area (Å²) >= 11 is 0. The average molecular weight is 352 g/mol. The molecule has 1 rings (SSSR count). The summed E-state index contributed by atoms with van der Waals surface area (Å²) in [4.78, 5) is 35.0. The molecule has 3 N–H and O–H groups in total. The van der Waals surface area contributed by atoms with E-state index in [-0.39, 0.29) is 29.0 Å². The van der Waals surface area contributed by atoms with Crippen molar-refractivity contribution in [2.75, 3.05) is 5.32 Å². The number of aliphatic carboxylic acids is 1. The number of rotatable bonds is 8. The Morgan fingerprint density at radius 2 is 1.80 bits per heavy atom. The molecule has 1 unspecified atom stereocenters. The van der Waals surface area contributed by atoms with Crippen LogP contribution in [-0.2, 0) is 20.8 Å². The van der Waals surface area contributed by atoms with E-state index >= 15 is 0 Å². The number of anilines is 1. The second-order valence-corrected chi connectivity index (χ2v) is 6.75. The number of hydrogen-bond donors (Lipinski definition) is 3. The van der Waals surface area contributed by atoms with Gasteiger partial charge in [-0.2, -0.15) is 0 Å². The first-order chi connectivity index (χ1) is 11.6. The van der Waals surface area contributed by atoms with Gasteiger partial charge < -0.3 is 15.7 Å². The van der Waals surface area contributed by atoms with Crippen LogP contribution in [-0.4, -0.2) is 28.9 Å². The topological polar surface area (TPSA) is 95.5 Å². The molecule has 0 aliphatic heterocycles. The van der Waals surface area contributed by atoms with Crippen LogP contribution in [0.15, 0.2) is 18.2 Å². The lowest BCUT2D eigenvalue weighted by Gasteiger charge is -2.22. The van der Waals surface area contributed by atoms with Gasteiger partial charge >= 0.3 is 5.97 Å². The number of hydrogen-bond acceptors (Lipinski definition) is 3. The zero-order valence-corrected chi connectivity index (χ0v) is 14.9. The summed E-state index contributed by atoms with van der Waals surface area (Å²) in [6.45, 7) is 7.42. The molecule has 0 heterocycles. The van der Waals surface area contributed by atoms with Crippen molar-refractivity contribution in [2.24, 2.45) is 11.8 Å². The zero-order chi connectivity index (χ0) is 19.1. The highest BCUT2D eigenvalue weighted by atomic mass is 19.1. The van der Waals surface area contributed by atoms with Crippen LogP contribution in [0.3, 0.4) is 0 Å². The maximum Gasteiger partial charge on any atom is 0.307 e. The van der Waals surface area contributed by atoms with Crippen LogP contribution in [0.5, 0.6) is 0 Å². The predicted molar refractivity (Wildman–Crippen MR) is 92.6 cm³/mol. The van der Waals surface area contributed by atoms with E-state index in [0.717, 1.165) is 6.07 Å². The number of carbonyl (C=O) groups excluding carboxylic acids is 2. The smallest absolute Gasteiger partial charge is 0.307 e. The van der Waals surface area contributed by atoms with Gasteiger partial charge in [0.15, 0.2) is 0 Å². The molecule has 1 aromatic rings. The molecule has 0 radical (unpaired) electrons. The first-order valence-electron chi connectivity index (χ1n) is 8.20. The Kier molecular flexibility index (Phi) is 7.54. The van der Waals surface area contributed by atoms with Crippen LogP contribution in [0.4, 0.5) is 10.1 Å². The van der Waals surface area contributed by atoms with Gasteiger partial charge in [0.1, 0.15) is 11.9 Å². The van der Waals surface area contributed by atoms with Gasteiger partial charge in [-0.1, -0.05) is 33.8 Å². The summed E-state index contributed by atoms with van der Waals surface area (Å²) in [7, 11) is 0. The lowest BCUT2D eigenvalue weighted by molar-refractivity contribution is -0.136. The van der Waals surface area contributed by atoms with E-state index in [9.17, 15) is 18.8 Å². The Labute approximate surface area is 146 Å². The van der Waals surface area contributed by atoms with E-state index in [1.54, 1.807) is 13.8 Å². The molecule has 0 spiro atoms. The summed E-state index contributed by atoms with van der Waals surface area (Å²) in [6, 6.07) is 3.09. The highest BCUT2D eigenvalue weighted by molar-refractivity contribution is 5.97. The van der Waals surface area contributed by atoms with Crippen molar-refractivity contribution in [3.05, 3.63) is 29.6 Å². The zero-order valence-electron chi connectivity index (χ0n) is 14.9. The molecule has 1 aromatic carbocycles. The molecule has 0 aliphatic rings. The molecule has 2 amide bonds. The van der Waals surface area contributed by atoms with E-state index in [2.05, 4.69) is 10.6 Å². The normalized spacial score (nSPS) is 12.1. The minimum Gasteiger partial charge on any atom is -0.481 e. The van der Waals surface area contributed by atoms with Crippen molar-refractivity contribution in [2.45, 2.75) is 46.6 Å². The quantitative estimate of drug-likeness (QED) is 0.670. The highest BCUT2D eigenvalue weighted by Crippen LogP contribution is 2.16. The number of benzene rings is 1. The molecule has 0 fully saturated rings. The van der Waals surface area contributed by atoms with Gasteiger partial charge in [-0.05, 0) is 29.5 Å². The molecule has 0 bridgehead atoms. The van der Waals surface area contributed by atoms with Crippen LogP contribution in [0.2, 0.25) is 0 Å². The van der Waals surface area contributed by atoms with Crippen molar-refractivity contribution < 1.29 is 23.9 Å². The minimum absolute atomic E-state index is 0.0381. The molecule has 6 nitrogen and oxygen atoms in total. The van der Waals surface area contributed by atoms with Crippen molar-refractivity contribution in [1.82, 2.24) is 5.32 Å². The molecular weight excluding hydrogens is 327 g/mol. The number of carboxylic acid groups (broad SMARTS) is 1. The third kappa shape index (κ3) is 6.91. The summed E-state index contributed by atoms with van der Waals surface area (Å²) in [5.74, 6) is -2.48. The molecule has 1 atom stereocenters. The van der Waals surface area contributed by atoms with Gasteiger partial charge in [-0.15, -0.1) is 0 Å². The van der Waals surface area contributed by atoms with Crippen LogP contribution < -0.4 is 10.6 Å². The van der Waals surface area contributed by atoms with Gasteiger partial charge in [0, 0.05) is 12.1 Å². The molecule has 0 aliphatic carbocycles. The van der Waals surface area contributed by atoms with E-state index < -0.39 is 30.2 Å². The predicted octanol–water partition coefficient (Wildman–Crippen LogP) is 2.58. The molecule has 7 heteroatoms. The Balaban J connectivity index is 2.81. The van der Waals surface area contributed by atoms with Crippen LogP contribution >= 0.6 is 0 Å². The number of halogens is 1. The molecule has 0 saturated heterocycles. The fourth-order valence-electron chi connectivity index (χ4n) is 2.29. The van der Waals surface area contributed by atoms with E-state index in [1.165, 1.54) is 12.1 Å². The fourth-order valence-corrected chi connectivity index (χ4v) is 2.29. The fraction of sp³-hybridized carbons (Fsp3) is 0.500. The summed E-state index contributed by atoms with van der Waals surface area (Å²) < 4.78 is 13.9. The minimum atomic E-state index is -1.14.